The number of aromatic nitrogens is 5. The average Bonchev–Trinajstić information content (AvgIpc) is 3.06. The molecule has 1 fully saturated rings. The van der Waals surface area contributed by atoms with E-state index in [1.807, 2.05) is 12.1 Å². The molecule has 134 valence electrons. The van der Waals surface area contributed by atoms with Crippen molar-refractivity contribution in [1.29, 1.82) is 0 Å². The van der Waals surface area contributed by atoms with E-state index in [9.17, 15) is 4.79 Å². The third-order valence-electron chi connectivity index (χ3n) is 4.37. The van der Waals surface area contributed by atoms with Crippen molar-refractivity contribution in [2.75, 3.05) is 24.1 Å². The number of imidazole rings is 1. The molecule has 1 amide bonds. The second-order valence-corrected chi connectivity index (χ2v) is 6.17. The lowest BCUT2D eigenvalue weighted by atomic mass is 10.1. The summed E-state index contributed by atoms with van der Waals surface area (Å²) in [6.07, 6.45) is 5.78. The smallest absolute Gasteiger partial charge is 0.407 e. The van der Waals surface area contributed by atoms with Crippen molar-refractivity contribution in [2.24, 2.45) is 0 Å². The van der Waals surface area contributed by atoms with Gasteiger partial charge in [0.2, 0.25) is 5.95 Å². The first-order chi connectivity index (χ1) is 12.6. The van der Waals surface area contributed by atoms with Gasteiger partial charge < -0.3 is 21.1 Å². The van der Waals surface area contributed by atoms with Gasteiger partial charge in [-0.3, -0.25) is 0 Å². The van der Waals surface area contributed by atoms with Crippen molar-refractivity contribution in [3.05, 3.63) is 30.7 Å². The van der Waals surface area contributed by atoms with Crippen LogP contribution in [0.4, 0.5) is 16.6 Å². The Bertz CT molecular complexity index is 939. The van der Waals surface area contributed by atoms with Gasteiger partial charge >= 0.3 is 6.09 Å². The summed E-state index contributed by atoms with van der Waals surface area (Å²) in [5.74, 6) is 0.864. The quantitative estimate of drug-likeness (QED) is 0.641. The summed E-state index contributed by atoms with van der Waals surface area (Å²) in [6, 6.07) is 3.72. The van der Waals surface area contributed by atoms with Crippen LogP contribution in [-0.4, -0.2) is 59.8 Å². The van der Waals surface area contributed by atoms with Gasteiger partial charge in [-0.2, -0.15) is 0 Å². The van der Waals surface area contributed by atoms with E-state index < -0.39 is 6.09 Å². The standard InChI is InChI=1S/C16H18N8O2/c17-15-19-6-10(7-20-15)12-8-18-14-4-3-13(22-24(12)14)21-11-2-1-5-23(9-11)16(25)26/h3-4,6-8,11H,1-2,5,9H2,(H,21,22)(H,25,26)(H2,17,19,20). The van der Waals surface area contributed by atoms with Gasteiger partial charge in [-0.1, -0.05) is 0 Å². The van der Waals surface area contributed by atoms with Crippen LogP contribution in [0.25, 0.3) is 16.9 Å². The average molecular weight is 354 g/mol. The minimum absolute atomic E-state index is 0.0247. The molecule has 1 aliphatic rings. The van der Waals surface area contributed by atoms with Crippen molar-refractivity contribution in [2.45, 2.75) is 18.9 Å². The molecule has 3 aromatic rings. The highest BCUT2D eigenvalue weighted by molar-refractivity contribution is 5.65. The number of nitrogens with one attached hydrogen (secondary N) is 1. The molecule has 26 heavy (non-hydrogen) atoms. The van der Waals surface area contributed by atoms with Crippen molar-refractivity contribution >= 4 is 23.5 Å². The zero-order chi connectivity index (χ0) is 18.1. The van der Waals surface area contributed by atoms with Gasteiger partial charge in [-0.15, -0.1) is 5.10 Å². The predicted molar refractivity (Wildman–Crippen MR) is 94.7 cm³/mol. The fourth-order valence-corrected chi connectivity index (χ4v) is 3.10. The molecule has 10 heteroatoms. The fourth-order valence-electron chi connectivity index (χ4n) is 3.10. The normalized spacial score (nSPS) is 17.4. The van der Waals surface area contributed by atoms with Gasteiger partial charge in [0.15, 0.2) is 5.65 Å². The van der Waals surface area contributed by atoms with E-state index in [1.54, 1.807) is 23.1 Å². The van der Waals surface area contributed by atoms with Crippen molar-refractivity contribution < 1.29 is 9.90 Å². The summed E-state index contributed by atoms with van der Waals surface area (Å²) in [4.78, 5) is 24.9. The van der Waals surface area contributed by atoms with Crippen LogP contribution in [0.15, 0.2) is 30.7 Å². The summed E-state index contributed by atoms with van der Waals surface area (Å²) in [6.45, 7) is 1.01. The summed E-state index contributed by atoms with van der Waals surface area (Å²) < 4.78 is 1.70. The van der Waals surface area contributed by atoms with Crippen LogP contribution in [0.2, 0.25) is 0 Å². The molecule has 10 nitrogen and oxygen atoms in total. The lowest BCUT2D eigenvalue weighted by Gasteiger charge is -2.31. The molecular formula is C16H18N8O2. The highest BCUT2D eigenvalue weighted by Gasteiger charge is 2.23. The number of amides is 1. The molecule has 0 saturated carbocycles. The molecule has 1 saturated heterocycles. The number of carbonyl (C=O) groups is 1. The first-order valence-electron chi connectivity index (χ1n) is 8.27. The molecule has 4 heterocycles. The van der Waals surface area contributed by atoms with Crippen LogP contribution in [0.5, 0.6) is 0 Å². The van der Waals surface area contributed by atoms with Crippen LogP contribution in [0, 0.1) is 0 Å². The van der Waals surface area contributed by atoms with E-state index in [-0.39, 0.29) is 12.0 Å². The molecule has 0 radical (unpaired) electrons. The monoisotopic (exact) mass is 354 g/mol. The number of nitrogens with two attached hydrogens (primary N) is 1. The van der Waals surface area contributed by atoms with E-state index in [1.165, 1.54) is 4.90 Å². The third kappa shape index (κ3) is 3.08. The van der Waals surface area contributed by atoms with Crippen LogP contribution >= 0.6 is 0 Å². The van der Waals surface area contributed by atoms with E-state index in [0.29, 0.717) is 24.6 Å². The predicted octanol–water partition coefficient (Wildman–Crippen LogP) is 1.32. The summed E-state index contributed by atoms with van der Waals surface area (Å²) in [5, 5.41) is 17.1. The van der Waals surface area contributed by atoms with E-state index in [0.717, 1.165) is 24.1 Å². The number of hydrogen-bond donors (Lipinski definition) is 3. The maximum Gasteiger partial charge on any atom is 0.407 e. The van der Waals surface area contributed by atoms with Crippen molar-refractivity contribution in [3.8, 4) is 11.3 Å². The number of anilines is 2. The van der Waals surface area contributed by atoms with Crippen LogP contribution in [-0.2, 0) is 0 Å². The SMILES string of the molecule is Nc1ncc(-c2cnc3ccc(NC4CCCN(C(=O)O)C4)nn23)cn1. The number of carboxylic acid groups (broad SMARTS) is 1. The lowest BCUT2D eigenvalue weighted by Crippen LogP contribution is -2.44. The number of likely N-dealkylation sites (tertiary alicyclic amines) is 1. The maximum atomic E-state index is 11.2. The number of hydrogen-bond acceptors (Lipinski definition) is 7. The van der Waals surface area contributed by atoms with Crippen LogP contribution < -0.4 is 11.1 Å². The number of piperidine rings is 1. The van der Waals surface area contributed by atoms with Gasteiger partial charge in [0, 0.05) is 37.1 Å². The van der Waals surface area contributed by atoms with Crippen molar-refractivity contribution in [3.63, 3.8) is 0 Å². The molecule has 1 atom stereocenters. The number of rotatable bonds is 3. The Morgan fingerprint density at radius 1 is 1.23 bits per heavy atom. The lowest BCUT2D eigenvalue weighted by molar-refractivity contribution is 0.133. The molecule has 1 unspecified atom stereocenters. The Morgan fingerprint density at radius 2 is 2.04 bits per heavy atom. The Kier molecular flexibility index (Phi) is 3.99. The highest BCUT2D eigenvalue weighted by atomic mass is 16.4. The molecular weight excluding hydrogens is 336 g/mol. The van der Waals surface area contributed by atoms with Gasteiger partial charge in [0.05, 0.1) is 11.9 Å². The third-order valence-corrected chi connectivity index (χ3v) is 4.37. The molecule has 3 aromatic heterocycles. The molecule has 0 bridgehead atoms. The van der Waals surface area contributed by atoms with E-state index >= 15 is 0 Å². The zero-order valence-corrected chi connectivity index (χ0v) is 13.9. The first kappa shape index (κ1) is 16.1. The van der Waals surface area contributed by atoms with Gasteiger partial charge in [0.25, 0.3) is 0 Å². The zero-order valence-electron chi connectivity index (χ0n) is 13.9. The van der Waals surface area contributed by atoms with Crippen LogP contribution in [0.1, 0.15) is 12.8 Å². The van der Waals surface area contributed by atoms with E-state index in [2.05, 4.69) is 25.4 Å². The summed E-state index contributed by atoms with van der Waals surface area (Å²) in [7, 11) is 0. The minimum Gasteiger partial charge on any atom is -0.465 e. The van der Waals surface area contributed by atoms with E-state index in [4.69, 9.17) is 10.8 Å². The molecule has 0 spiro atoms. The second kappa shape index (κ2) is 6.47. The number of nitrogens with zero attached hydrogens (tertiary/aromatic N) is 6. The Balaban J connectivity index is 1.60. The molecule has 4 rings (SSSR count). The Hall–Kier alpha value is -3.43. The minimum atomic E-state index is -0.889. The fraction of sp³-hybridized carbons (Fsp3) is 0.312. The molecule has 4 N–H and O–H groups in total. The number of fused-ring (bicyclic) bond motifs is 1. The molecule has 0 aromatic carbocycles. The first-order valence-corrected chi connectivity index (χ1v) is 8.27. The molecule has 1 aliphatic heterocycles. The maximum absolute atomic E-state index is 11.2. The van der Waals surface area contributed by atoms with Gasteiger partial charge in [-0.25, -0.2) is 24.3 Å². The topological polar surface area (TPSA) is 135 Å². The largest absolute Gasteiger partial charge is 0.465 e. The van der Waals surface area contributed by atoms with Gasteiger partial charge in [0.1, 0.15) is 5.82 Å². The summed E-state index contributed by atoms with van der Waals surface area (Å²) in [5.41, 5.74) is 7.74. The summed E-state index contributed by atoms with van der Waals surface area (Å²) >= 11 is 0. The highest BCUT2D eigenvalue weighted by Crippen LogP contribution is 2.21. The van der Waals surface area contributed by atoms with Gasteiger partial charge in [-0.05, 0) is 25.0 Å². The number of nitrogen functional groups attached to an aromatic ring is 1. The Morgan fingerprint density at radius 3 is 2.81 bits per heavy atom. The second-order valence-electron chi connectivity index (χ2n) is 6.17. The Labute approximate surface area is 148 Å². The molecule has 0 aliphatic carbocycles. The van der Waals surface area contributed by atoms with Crippen molar-refractivity contribution in [1.82, 2.24) is 29.5 Å². The van der Waals surface area contributed by atoms with Crippen LogP contribution in [0.3, 0.4) is 0 Å².